The van der Waals surface area contributed by atoms with Gasteiger partial charge in [0.1, 0.15) is 11.5 Å². The second-order valence-electron chi connectivity index (χ2n) is 8.25. The molecule has 1 fully saturated rings. The minimum absolute atomic E-state index is 0.0449. The van der Waals surface area contributed by atoms with Gasteiger partial charge in [-0.3, -0.25) is 9.69 Å². The molecule has 1 aliphatic rings. The van der Waals surface area contributed by atoms with Crippen LogP contribution in [0.1, 0.15) is 18.4 Å². The zero-order valence-corrected chi connectivity index (χ0v) is 19.5. The first kappa shape index (κ1) is 24.7. The highest BCUT2D eigenvalue weighted by atomic mass is 19.2. The number of nitrogens with one attached hydrogen (secondary N) is 1. The third-order valence-electron chi connectivity index (χ3n) is 5.83. The van der Waals surface area contributed by atoms with Crippen molar-refractivity contribution < 1.29 is 13.6 Å². The van der Waals surface area contributed by atoms with Gasteiger partial charge in [-0.05, 0) is 61.8 Å². The molecule has 0 unspecified atom stereocenters. The van der Waals surface area contributed by atoms with Crippen molar-refractivity contribution >= 4 is 35.7 Å². The summed E-state index contributed by atoms with van der Waals surface area (Å²) in [5, 5.41) is 11.4. The molecule has 9 nitrogen and oxygen atoms in total. The number of nitrogens with zero attached hydrogens (tertiary/aromatic N) is 5. The van der Waals surface area contributed by atoms with Gasteiger partial charge in [-0.25, -0.2) is 18.8 Å². The average Bonchev–Trinajstić information content (AvgIpc) is 3.38. The number of pyridine rings is 1. The zero-order chi connectivity index (χ0) is 25.7. The van der Waals surface area contributed by atoms with Crippen molar-refractivity contribution in [2.75, 3.05) is 35.7 Å². The number of amides is 1. The lowest BCUT2D eigenvalue weighted by Gasteiger charge is -2.21. The van der Waals surface area contributed by atoms with Gasteiger partial charge in [-0.1, -0.05) is 18.2 Å². The van der Waals surface area contributed by atoms with Crippen LogP contribution in [0.4, 0.5) is 26.0 Å². The Morgan fingerprint density at radius 2 is 1.89 bits per heavy atom. The van der Waals surface area contributed by atoms with Crippen molar-refractivity contribution in [3.63, 3.8) is 0 Å². The van der Waals surface area contributed by atoms with Gasteiger partial charge in [0.25, 0.3) is 0 Å². The minimum atomic E-state index is -1.15. The number of anilines is 3. The van der Waals surface area contributed by atoms with E-state index in [2.05, 4.69) is 32.1 Å². The van der Waals surface area contributed by atoms with E-state index in [4.69, 9.17) is 11.6 Å². The zero-order valence-electron chi connectivity index (χ0n) is 19.5. The Kier molecular flexibility index (Phi) is 7.50. The van der Waals surface area contributed by atoms with Gasteiger partial charge in [0, 0.05) is 24.2 Å². The molecule has 0 spiro atoms. The number of hydrazone groups is 2. The van der Waals surface area contributed by atoms with Crippen molar-refractivity contribution in [3.8, 4) is 11.1 Å². The number of halogens is 2. The van der Waals surface area contributed by atoms with Crippen LogP contribution < -0.4 is 21.9 Å². The normalized spacial score (nSPS) is 14.0. The number of hydrogen-bond acceptors (Lipinski definition) is 7. The van der Waals surface area contributed by atoms with Crippen LogP contribution in [0.15, 0.2) is 64.9 Å². The molecule has 0 radical (unpaired) electrons. The quantitative estimate of drug-likeness (QED) is 0.201. The molecular formula is C25H26F2N8O. The van der Waals surface area contributed by atoms with E-state index >= 15 is 0 Å². The monoisotopic (exact) mass is 492 g/mol. The van der Waals surface area contributed by atoms with Crippen LogP contribution in [-0.4, -0.2) is 48.0 Å². The van der Waals surface area contributed by atoms with Crippen molar-refractivity contribution in [3.05, 3.63) is 71.9 Å². The summed E-state index contributed by atoms with van der Waals surface area (Å²) in [6.07, 6.45) is 3.76. The molecule has 0 bridgehead atoms. The Labute approximate surface area is 207 Å². The fraction of sp³-hybridized carbons (Fsp3) is 0.200. The van der Waals surface area contributed by atoms with E-state index in [9.17, 15) is 13.6 Å². The van der Waals surface area contributed by atoms with Gasteiger partial charge in [0.05, 0.1) is 12.1 Å². The SMILES string of the molecule is C=NN(/C(=N\N)c1cc(-c2cccc(NC(=O)CN3CCCC3)c2)cnc1N)c1cccc(F)c1F. The minimum Gasteiger partial charge on any atom is -0.383 e. The molecule has 1 aromatic heterocycles. The fourth-order valence-corrected chi connectivity index (χ4v) is 4.08. The molecule has 2 heterocycles. The molecule has 0 saturated carbocycles. The summed E-state index contributed by atoms with van der Waals surface area (Å²) in [6, 6.07) is 12.5. The molecule has 5 N–H and O–H groups in total. The summed E-state index contributed by atoms with van der Waals surface area (Å²) >= 11 is 0. The second kappa shape index (κ2) is 10.9. The van der Waals surface area contributed by atoms with Crippen LogP contribution in [0.2, 0.25) is 0 Å². The van der Waals surface area contributed by atoms with Crippen LogP contribution in [0.5, 0.6) is 0 Å². The Hall–Kier alpha value is -4.38. The van der Waals surface area contributed by atoms with E-state index in [1.165, 1.54) is 12.1 Å². The highest BCUT2D eigenvalue weighted by molar-refractivity contribution is 6.12. The number of likely N-dealkylation sites (tertiary alicyclic amines) is 1. The van der Waals surface area contributed by atoms with Gasteiger partial charge in [0.2, 0.25) is 5.91 Å². The molecule has 3 aromatic rings. The van der Waals surface area contributed by atoms with Gasteiger partial charge < -0.3 is 16.9 Å². The van der Waals surface area contributed by atoms with Crippen LogP contribution >= 0.6 is 0 Å². The van der Waals surface area contributed by atoms with Crippen LogP contribution in [0.3, 0.4) is 0 Å². The van der Waals surface area contributed by atoms with Gasteiger partial charge in [-0.2, -0.15) is 10.2 Å². The molecule has 0 atom stereocenters. The lowest BCUT2D eigenvalue weighted by atomic mass is 10.0. The van der Waals surface area contributed by atoms with Gasteiger partial charge >= 0.3 is 0 Å². The Balaban J connectivity index is 1.63. The molecule has 4 rings (SSSR count). The predicted octanol–water partition coefficient (Wildman–Crippen LogP) is 3.39. The molecule has 1 aliphatic heterocycles. The van der Waals surface area contributed by atoms with Gasteiger partial charge in [-0.15, -0.1) is 0 Å². The maximum atomic E-state index is 14.5. The van der Waals surface area contributed by atoms with E-state index in [-0.39, 0.29) is 28.8 Å². The van der Waals surface area contributed by atoms with E-state index in [1.807, 2.05) is 6.07 Å². The van der Waals surface area contributed by atoms with Crippen molar-refractivity contribution in [1.82, 2.24) is 9.88 Å². The molecule has 1 saturated heterocycles. The maximum Gasteiger partial charge on any atom is 0.238 e. The third-order valence-corrected chi connectivity index (χ3v) is 5.83. The lowest BCUT2D eigenvalue weighted by Crippen LogP contribution is -2.30. The van der Waals surface area contributed by atoms with Gasteiger partial charge in [0.15, 0.2) is 17.5 Å². The Morgan fingerprint density at radius 3 is 2.61 bits per heavy atom. The van der Waals surface area contributed by atoms with E-state index in [0.717, 1.165) is 42.6 Å². The first-order chi connectivity index (χ1) is 17.4. The molecule has 186 valence electrons. The number of carbonyl (C=O) groups is 1. The number of amidine groups is 1. The highest BCUT2D eigenvalue weighted by Crippen LogP contribution is 2.28. The molecule has 1 amide bonds. The molecule has 2 aromatic carbocycles. The summed E-state index contributed by atoms with van der Waals surface area (Å²) < 4.78 is 28.3. The highest BCUT2D eigenvalue weighted by Gasteiger charge is 2.23. The second-order valence-corrected chi connectivity index (χ2v) is 8.25. The third kappa shape index (κ3) is 5.31. The number of hydrogen-bond donors (Lipinski definition) is 3. The summed E-state index contributed by atoms with van der Waals surface area (Å²) in [6.45, 7) is 5.63. The molecular weight excluding hydrogens is 466 g/mol. The molecule has 36 heavy (non-hydrogen) atoms. The van der Waals surface area contributed by atoms with E-state index in [0.29, 0.717) is 17.8 Å². The summed E-state index contributed by atoms with van der Waals surface area (Å²) in [7, 11) is 0. The number of carbonyl (C=O) groups excluding carboxylic acids is 1. The van der Waals surface area contributed by atoms with E-state index in [1.54, 1.807) is 30.5 Å². The number of nitrogens with two attached hydrogens (primary N) is 2. The average molecular weight is 493 g/mol. The first-order valence-electron chi connectivity index (χ1n) is 11.3. The molecule has 11 heteroatoms. The van der Waals surface area contributed by atoms with Crippen molar-refractivity contribution in [1.29, 1.82) is 0 Å². The first-order valence-corrected chi connectivity index (χ1v) is 11.3. The Bertz CT molecular complexity index is 1310. The topological polar surface area (TPSA) is 125 Å². The summed E-state index contributed by atoms with van der Waals surface area (Å²) in [5.41, 5.74) is 8.05. The fourth-order valence-electron chi connectivity index (χ4n) is 4.08. The number of rotatable bonds is 7. The lowest BCUT2D eigenvalue weighted by molar-refractivity contribution is -0.117. The smallest absolute Gasteiger partial charge is 0.238 e. The number of aromatic nitrogens is 1. The predicted molar refractivity (Wildman–Crippen MR) is 137 cm³/mol. The number of nitrogen functional groups attached to an aromatic ring is 1. The van der Waals surface area contributed by atoms with Crippen molar-refractivity contribution in [2.45, 2.75) is 12.8 Å². The standard InChI is InChI=1S/C25H26F2N8O/c1-30-35(21-9-5-8-20(26)23(21)27)25(33-29)19-13-17(14-31-24(19)28)16-6-4-7-18(12-16)32-22(36)15-34-10-2-3-11-34/h4-9,12-14H,1-3,10-11,15,29H2,(H2,28,31)(H,32,36)/b33-25-. The van der Waals surface area contributed by atoms with Crippen LogP contribution in [-0.2, 0) is 4.79 Å². The van der Waals surface area contributed by atoms with Crippen molar-refractivity contribution in [2.24, 2.45) is 16.0 Å². The molecule has 0 aliphatic carbocycles. The Morgan fingerprint density at radius 1 is 1.14 bits per heavy atom. The van der Waals surface area contributed by atoms with Crippen LogP contribution in [0, 0.1) is 11.6 Å². The largest absolute Gasteiger partial charge is 0.383 e. The van der Waals surface area contributed by atoms with E-state index < -0.39 is 11.6 Å². The number of benzene rings is 2. The summed E-state index contributed by atoms with van der Waals surface area (Å²) in [5.74, 6) is 3.27. The maximum absolute atomic E-state index is 14.5. The summed E-state index contributed by atoms with van der Waals surface area (Å²) in [4.78, 5) is 18.8. The van der Waals surface area contributed by atoms with Crippen LogP contribution in [0.25, 0.3) is 11.1 Å².